The van der Waals surface area contributed by atoms with Gasteiger partial charge in [-0.05, 0) is 78.5 Å². The van der Waals surface area contributed by atoms with Gasteiger partial charge in [-0.15, -0.1) is 11.3 Å². The molecule has 2 unspecified atom stereocenters. The maximum atomic E-state index is 10.5. The smallest absolute Gasteiger partial charge is 0.283 e. The molecule has 4 aromatic rings. The minimum atomic E-state index is 0.333. The number of fused-ring (bicyclic) bond motifs is 4. The maximum absolute atomic E-state index is 10.5. The van der Waals surface area contributed by atoms with Gasteiger partial charge in [0.25, 0.3) is 0 Å². The number of aryl methyl sites for hydroxylation is 1. The molecule has 4 heterocycles. The number of nitrogens with zero attached hydrogens (tertiary/aromatic N) is 4. The third-order valence-corrected chi connectivity index (χ3v) is 12.7. The minimum absolute atomic E-state index is 0.333. The van der Waals surface area contributed by atoms with Crippen molar-refractivity contribution in [3.8, 4) is 12.1 Å². The summed E-state index contributed by atoms with van der Waals surface area (Å²) in [6.07, 6.45) is 8.59. The lowest BCUT2D eigenvalue weighted by atomic mass is 9.69. The van der Waals surface area contributed by atoms with Crippen LogP contribution in [0.4, 0.5) is 0 Å². The molecule has 0 saturated carbocycles. The number of rotatable bonds is 4. The van der Waals surface area contributed by atoms with Crippen molar-refractivity contribution in [1.29, 1.82) is 10.5 Å². The van der Waals surface area contributed by atoms with E-state index in [-0.39, 0.29) is 0 Å². The summed E-state index contributed by atoms with van der Waals surface area (Å²) in [5.74, 6) is 1.31. The summed E-state index contributed by atoms with van der Waals surface area (Å²) < 4.78 is 1.32. The van der Waals surface area contributed by atoms with Crippen molar-refractivity contribution in [3.05, 3.63) is 55.5 Å². The first-order chi connectivity index (χ1) is 19.9. The second-order valence-corrected chi connectivity index (χ2v) is 15.7. The first-order valence-electron chi connectivity index (χ1n) is 15.0. The van der Waals surface area contributed by atoms with E-state index in [0.29, 0.717) is 32.4 Å². The molecule has 4 aromatic heterocycles. The van der Waals surface area contributed by atoms with Crippen LogP contribution in [0.5, 0.6) is 0 Å². The fourth-order valence-electron chi connectivity index (χ4n) is 6.51. The molecular formula is C34H40ClN4OS2+. The van der Waals surface area contributed by atoms with Gasteiger partial charge < -0.3 is 0 Å². The first-order valence-corrected chi connectivity index (χ1v) is 17.0. The van der Waals surface area contributed by atoms with Crippen LogP contribution in [0.2, 0.25) is 5.02 Å². The topological polar surface area (TPSA) is 84.6 Å². The molecule has 0 aliphatic heterocycles. The average Bonchev–Trinajstić information content (AvgIpc) is 3.61. The molecule has 6 rings (SSSR count). The minimum Gasteiger partial charge on any atom is -0.283 e. The van der Waals surface area contributed by atoms with E-state index in [2.05, 4.69) is 59.7 Å². The number of hydrogen-bond acceptors (Lipinski definition) is 6. The number of thiophene rings is 2. The van der Waals surface area contributed by atoms with E-state index >= 15 is 0 Å². The zero-order valence-electron chi connectivity index (χ0n) is 25.5. The standard InChI is InChI=1S/C17H19ClN2S.C17H21N2OS/c1-4-17(2,3)10-5-6-14-12(7-10)15(18)13-8-11(9-19)21-16(13)20-14;1-4-17(2,3)13-5-6-15-11(8-13)7-12-9-14(10-18)21-16(12)19(15)20/h8,10H,4-7H2,1-3H3;7,9,13,20H,4-6,8H2,1-3H3/q;+1. The van der Waals surface area contributed by atoms with Crippen LogP contribution in [0.15, 0.2) is 18.2 Å². The van der Waals surface area contributed by atoms with Crippen LogP contribution in [-0.4, -0.2) is 10.2 Å². The van der Waals surface area contributed by atoms with Crippen LogP contribution >= 0.6 is 34.3 Å². The van der Waals surface area contributed by atoms with Crippen LogP contribution in [0.1, 0.15) is 99.5 Å². The van der Waals surface area contributed by atoms with Crippen LogP contribution in [0, 0.1) is 45.3 Å². The molecule has 0 amide bonds. The van der Waals surface area contributed by atoms with Gasteiger partial charge in [-0.2, -0.15) is 10.5 Å². The van der Waals surface area contributed by atoms with E-state index in [1.54, 1.807) is 0 Å². The summed E-state index contributed by atoms with van der Waals surface area (Å²) in [4.78, 5) is 7.81. The van der Waals surface area contributed by atoms with Gasteiger partial charge in [-0.1, -0.05) is 77.3 Å². The molecule has 2 aliphatic carbocycles. The summed E-state index contributed by atoms with van der Waals surface area (Å²) >= 11 is 9.44. The Kier molecular flexibility index (Phi) is 8.61. The van der Waals surface area contributed by atoms with E-state index in [1.165, 1.54) is 57.8 Å². The lowest BCUT2D eigenvalue weighted by molar-refractivity contribution is -0.888. The number of pyridine rings is 2. The first kappa shape index (κ1) is 30.7. The molecule has 0 radical (unpaired) electrons. The SMILES string of the molecule is CCC(C)(C)C1CCc2c(cc3cc(C#N)sc3[n+]2O)C1.CCC(C)(C)C1CCc2nc3sc(C#N)cc3c(Cl)c2C1. The van der Waals surface area contributed by atoms with Gasteiger partial charge in [-0.3, -0.25) is 5.21 Å². The molecule has 1 N–H and O–H groups in total. The largest absolute Gasteiger partial charge is 0.320 e. The number of nitriles is 2. The molecule has 0 aromatic carbocycles. The molecular weight excluding hydrogens is 580 g/mol. The predicted molar refractivity (Wildman–Crippen MR) is 172 cm³/mol. The van der Waals surface area contributed by atoms with Crippen LogP contribution in [0.3, 0.4) is 0 Å². The lowest BCUT2D eigenvalue weighted by Crippen LogP contribution is -2.40. The highest BCUT2D eigenvalue weighted by molar-refractivity contribution is 7.19. The third-order valence-electron chi connectivity index (χ3n) is 10.3. The summed E-state index contributed by atoms with van der Waals surface area (Å²) in [5, 5.41) is 31.3. The number of aromatic nitrogens is 2. The summed E-state index contributed by atoms with van der Waals surface area (Å²) in [6, 6.07) is 10.3. The molecule has 8 heteroatoms. The van der Waals surface area contributed by atoms with Crippen molar-refractivity contribution in [2.45, 2.75) is 92.9 Å². The Hall–Kier alpha value is -2.71. The maximum Gasteiger partial charge on any atom is 0.320 e. The van der Waals surface area contributed by atoms with Gasteiger partial charge in [0.15, 0.2) is 0 Å². The van der Waals surface area contributed by atoms with Crippen LogP contribution in [0.25, 0.3) is 20.4 Å². The average molecular weight is 620 g/mol. The van der Waals surface area contributed by atoms with E-state index in [4.69, 9.17) is 27.1 Å². The summed E-state index contributed by atoms with van der Waals surface area (Å²) in [6.45, 7) is 13.9. The highest BCUT2D eigenvalue weighted by atomic mass is 35.5. The quantitative estimate of drug-likeness (QED) is 0.182. The van der Waals surface area contributed by atoms with Crippen molar-refractivity contribution in [1.82, 2.24) is 4.98 Å². The fourth-order valence-corrected chi connectivity index (χ4v) is 8.63. The fraction of sp³-hybridized carbons (Fsp3) is 0.529. The van der Waals surface area contributed by atoms with E-state index in [0.717, 1.165) is 68.9 Å². The van der Waals surface area contributed by atoms with Gasteiger partial charge in [0.1, 0.15) is 26.7 Å². The lowest BCUT2D eigenvalue weighted by Gasteiger charge is -2.37. The van der Waals surface area contributed by atoms with Gasteiger partial charge in [0.2, 0.25) is 5.69 Å². The van der Waals surface area contributed by atoms with E-state index in [9.17, 15) is 5.21 Å². The Morgan fingerprint density at radius 2 is 1.57 bits per heavy atom. The molecule has 0 spiro atoms. The predicted octanol–water partition coefficient (Wildman–Crippen LogP) is 9.20. The zero-order chi connectivity index (χ0) is 30.4. The van der Waals surface area contributed by atoms with Crippen molar-refractivity contribution >= 4 is 54.7 Å². The zero-order valence-corrected chi connectivity index (χ0v) is 27.9. The Labute approximate surface area is 262 Å². The van der Waals surface area contributed by atoms with E-state index in [1.807, 2.05) is 12.1 Å². The molecule has 2 aliphatic rings. The Balaban J connectivity index is 0.000000168. The van der Waals surface area contributed by atoms with Crippen molar-refractivity contribution in [3.63, 3.8) is 0 Å². The van der Waals surface area contributed by atoms with Gasteiger partial charge in [-0.25, -0.2) is 4.98 Å². The summed E-state index contributed by atoms with van der Waals surface area (Å²) in [7, 11) is 0. The van der Waals surface area contributed by atoms with Crippen molar-refractivity contribution in [2.75, 3.05) is 0 Å². The Morgan fingerprint density at radius 1 is 0.952 bits per heavy atom. The highest BCUT2D eigenvalue weighted by Crippen LogP contribution is 2.44. The van der Waals surface area contributed by atoms with Crippen molar-refractivity contribution in [2.24, 2.45) is 22.7 Å². The molecule has 0 fully saturated rings. The van der Waals surface area contributed by atoms with Crippen LogP contribution in [-0.2, 0) is 25.7 Å². The highest BCUT2D eigenvalue weighted by Gasteiger charge is 2.36. The van der Waals surface area contributed by atoms with Gasteiger partial charge in [0.05, 0.1) is 10.4 Å². The molecule has 0 saturated heterocycles. The molecule has 42 heavy (non-hydrogen) atoms. The van der Waals surface area contributed by atoms with Crippen LogP contribution < -0.4 is 4.73 Å². The Bertz CT molecular complexity index is 1720. The number of halogens is 1. The molecule has 5 nitrogen and oxygen atoms in total. The number of hydrogen-bond donors (Lipinski definition) is 1. The monoisotopic (exact) mass is 619 g/mol. The van der Waals surface area contributed by atoms with Gasteiger partial charge >= 0.3 is 4.83 Å². The second-order valence-electron chi connectivity index (χ2n) is 13.3. The Morgan fingerprint density at radius 3 is 2.21 bits per heavy atom. The third kappa shape index (κ3) is 5.64. The van der Waals surface area contributed by atoms with E-state index < -0.39 is 0 Å². The molecule has 220 valence electrons. The summed E-state index contributed by atoms with van der Waals surface area (Å²) in [5.41, 5.74) is 5.29. The normalized spacial score (nSPS) is 18.5. The molecule has 0 bridgehead atoms. The van der Waals surface area contributed by atoms with Crippen molar-refractivity contribution < 1.29 is 9.94 Å². The van der Waals surface area contributed by atoms with Gasteiger partial charge in [0, 0.05) is 27.8 Å². The molecule has 2 atom stereocenters. The second kappa shape index (κ2) is 11.8.